The molecule has 1 aromatic carbocycles. The summed E-state index contributed by atoms with van der Waals surface area (Å²) < 4.78 is 6.47. The predicted octanol–water partition coefficient (Wildman–Crippen LogP) is 2.94. The first kappa shape index (κ1) is 19.7. The molecule has 0 unspecified atom stereocenters. The van der Waals surface area contributed by atoms with Crippen LogP contribution in [0.4, 0.5) is 11.6 Å². The van der Waals surface area contributed by atoms with Crippen LogP contribution in [0.2, 0.25) is 10.0 Å². The largest absolute Gasteiger partial charge is 0.378 e. The number of aromatic nitrogens is 2. The lowest BCUT2D eigenvalue weighted by atomic mass is 10.3. The van der Waals surface area contributed by atoms with Crippen LogP contribution in [0.25, 0.3) is 0 Å². The fraction of sp³-hybridized carbons (Fsp3) is 0.389. The van der Waals surface area contributed by atoms with E-state index in [0.29, 0.717) is 27.4 Å². The van der Waals surface area contributed by atoms with Gasteiger partial charge < -0.3 is 15.0 Å². The van der Waals surface area contributed by atoms with Crippen molar-refractivity contribution < 1.29 is 9.53 Å². The third-order valence-electron chi connectivity index (χ3n) is 4.17. The molecule has 0 aliphatic carbocycles. The van der Waals surface area contributed by atoms with Crippen molar-refractivity contribution in [1.82, 2.24) is 9.55 Å². The Morgan fingerprint density at radius 1 is 1.19 bits per heavy atom. The van der Waals surface area contributed by atoms with E-state index in [1.807, 2.05) is 4.90 Å². The number of carbonyl (C=O) groups excluding carboxylic acids is 1. The van der Waals surface area contributed by atoms with Gasteiger partial charge in [0.05, 0.1) is 12.3 Å². The number of nitrogens with zero attached hydrogens (tertiary/aromatic N) is 3. The molecule has 27 heavy (non-hydrogen) atoms. The van der Waals surface area contributed by atoms with Gasteiger partial charge in [-0.3, -0.25) is 14.2 Å². The number of amides is 1. The van der Waals surface area contributed by atoms with Gasteiger partial charge in [0.25, 0.3) is 5.56 Å². The van der Waals surface area contributed by atoms with Crippen LogP contribution in [0.15, 0.2) is 29.1 Å². The van der Waals surface area contributed by atoms with E-state index in [1.54, 1.807) is 25.3 Å². The summed E-state index contributed by atoms with van der Waals surface area (Å²) in [5.41, 5.74) is 0.721. The van der Waals surface area contributed by atoms with E-state index in [9.17, 15) is 9.59 Å². The second-order valence-corrected chi connectivity index (χ2v) is 7.18. The quantitative estimate of drug-likeness (QED) is 0.791. The number of carbonyl (C=O) groups is 1. The highest BCUT2D eigenvalue weighted by Crippen LogP contribution is 2.23. The van der Waals surface area contributed by atoms with Crippen LogP contribution < -0.4 is 15.8 Å². The second kappa shape index (κ2) is 8.73. The molecule has 3 rings (SSSR count). The second-order valence-electron chi connectivity index (χ2n) is 6.31. The third-order valence-corrected chi connectivity index (χ3v) is 4.61. The van der Waals surface area contributed by atoms with Gasteiger partial charge in [-0.1, -0.05) is 23.2 Å². The summed E-state index contributed by atoms with van der Waals surface area (Å²) in [7, 11) is 1.55. The van der Waals surface area contributed by atoms with Gasteiger partial charge in [0, 0.05) is 42.0 Å². The first-order chi connectivity index (χ1) is 13.0. The number of hydrogen-bond donors (Lipinski definition) is 1. The number of methoxy groups -OCH3 is 1. The molecule has 0 atom stereocenters. The summed E-state index contributed by atoms with van der Waals surface area (Å²) in [5.74, 6) is 0.128. The molecular weight excluding hydrogens is 391 g/mol. The minimum Gasteiger partial charge on any atom is -0.378 e. The summed E-state index contributed by atoms with van der Waals surface area (Å²) in [4.78, 5) is 31.7. The van der Waals surface area contributed by atoms with Crippen LogP contribution >= 0.6 is 23.2 Å². The van der Waals surface area contributed by atoms with Crippen LogP contribution in [0.1, 0.15) is 18.5 Å². The standard InChI is InChI=1S/C18H20Cl2N4O3/c1-27-11-15-9-17(26)24(18(22-15)23-4-2-3-5-23)10-16(25)21-14-7-12(19)6-13(20)8-14/h6-9H,2-5,10-11H2,1H3,(H,21,25). The van der Waals surface area contributed by atoms with Crippen LogP contribution in [0.3, 0.4) is 0 Å². The van der Waals surface area contributed by atoms with Crippen molar-refractivity contribution in [2.45, 2.75) is 26.0 Å². The Balaban J connectivity index is 1.86. The smallest absolute Gasteiger partial charge is 0.255 e. The maximum absolute atomic E-state index is 12.6. The van der Waals surface area contributed by atoms with Gasteiger partial charge >= 0.3 is 0 Å². The maximum Gasteiger partial charge on any atom is 0.255 e. The molecule has 1 aromatic heterocycles. The molecular formula is C18H20Cl2N4O3. The average Bonchev–Trinajstić information content (AvgIpc) is 3.10. The third kappa shape index (κ3) is 5.00. The molecule has 144 valence electrons. The molecule has 0 bridgehead atoms. The van der Waals surface area contributed by atoms with Gasteiger partial charge in [-0.15, -0.1) is 0 Å². The highest BCUT2D eigenvalue weighted by molar-refractivity contribution is 6.35. The minimum absolute atomic E-state index is 0.158. The fourth-order valence-corrected chi connectivity index (χ4v) is 3.57. The first-order valence-electron chi connectivity index (χ1n) is 8.57. The van der Waals surface area contributed by atoms with Crippen molar-refractivity contribution in [2.75, 3.05) is 30.4 Å². The molecule has 1 saturated heterocycles. The summed E-state index contributed by atoms with van der Waals surface area (Å²) in [6.07, 6.45) is 2.05. The number of benzene rings is 1. The van der Waals surface area contributed by atoms with E-state index < -0.39 is 0 Å². The molecule has 7 nitrogen and oxygen atoms in total. The Hall–Kier alpha value is -2.09. The van der Waals surface area contributed by atoms with Crippen molar-refractivity contribution in [1.29, 1.82) is 0 Å². The molecule has 0 saturated carbocycles. The first-order valence-corrected chi connectivity index (χ1v) is 9.32. The molecule has 1 fully saturated rings. The highest BCUT2D eigenvalue weighted by atomic mass is 35.5. The van der Waals surface area contributed by atoms with Crippen molar-refractivity contribution >= 4 is 40.7 Å². The molecule has 1 N–H and O–H groups in total. The summed E-state index contributed by atoms with van der Waals surface area (Å²) >= 11 is 11.9. The lowest BCUT2D eigenvalue weighted by molar-refractivity contribution is -0.116. The lowest BCUT2D eigenvalue weighted by Gasteiger charge is -2.21. The van der Waals surface area contributed by atoms with E-state index in [-0.39, 0.29) is 24.6 Å². The van der Waals surface area contributed by atoms with Crippen LogP contribution in [-0.2, 0) is 22.7 Å². The highest BCUT2D eigenvalue weighted by Gasteiger charge is 2.21. The van der Waals surface area contributed by atoms with E-state index >= 15 is 0 Å². The molecule has 0 spiro atoms. The summed E-state index contributed by atoms with van der Waals surface area (Å²) in [6.45, 7) is 1.68. The van der Waals surface area contributed by atoms with E-state index in [4.69, 9.17) is 27.9 Å². The zero-order valence-electron chi connectivity index (χ0n) is 14.9. The van der Waals surface area contributed by atoms with Gasteiger partial charge in [-0.25, -0.2) is 4.98 Å². The van der Waals surface area contributed by atoms with E-state index in [2.05, 4.69) is 10.3 Å². The Morgan fingerprint density at radius 2 is 1.85 bits per heavy atom. The number of nitrogens with one attached hydrogen (secondary N) is 1. The van der Waals surface area contributed by atoms with Gasteiger partial charge in [0.1, 0.15) is 6.54 Å². The van der Waals surface area contributed by atoms with Gasteiger partial charge in [-0.05, 0) is 31.0 Å². The Bertz CT molecular complexity index is 874. The van der Waals surface area contributed by atoms with Crippen LogP contribution in [-0.4, -0.2) is 35.7 Å². The van der Waals surface area contributed by atoms with E-state index in [1.165, 1.54) is 10.6 Å². The van der Waals surface area contributed by atoms with Crippen LogP contribution in [0.5, 0.6) is 0 Å². The monoisotopic (exact) mass is 410 g/mol. The van der Waals surface area contributed by atoms with Crippen molar-refractivity contribution in [3.8, 4) is 0 Å². The lowest BCUT2D eigenvalue weighted by Crippen LogP contribution is -2.34. The Labute approximate surface area is 166 Å². The summed E-state index contributed by atoms with van der Waals surface area (Å²) in [6, 6.07) is 6.16. The predicted molar refractivity (Wildman–Crippen MR) is 106 cm³/mol. The van der Waals surface area contributed by atoms with Crippen molar-refractivity contribution in [2.24, 2.45) is 0 Å². The molecule has 1 aliphatic rings. The van der Waals surface area contributed by atoms with E-state index in [0.717, 1.165) is 25.9 Å². The Kier molecular flexibility index (Phi) is 6.36. The molecule has 0 radical (unpaired) electrons. The van der Waals surface area contributed by atoms with Gasteiger partial charge in [0.15, 0.2) is 0 Å². The molecule has 1 aliphatic heterocycles. The normalized spacial score (nSPS) is 13.8. The molecule has 2 heterocycles. The number of halogens is 2. The molecule has 1 amide bonds. The zero-order valence-corrected chi connectivity index (χ0v) is 16.4. The van der Waals surface area contributed by atoms with Crippen molar-refractivity contribution in [3.63, 3.8) is 0 Å². The summed E-state index contributed by atoms with van der Waals surface area (Å²) in [5, 5.41) is 3.55. The fourth-order valence-electron chi connectivity index (χ4n) is 3.04. The van der Waals surface area contributed by atoms with Gasteiger partial charge in [-0.2, -0.15) is 0 Å². The minimum atomic E-state index is -0.364. The number of anilines is 2. The van der Waals surface area contributed by atoms with Crippen LogP contribution in [0, 0.1) is 0 Å². The molecule has 2 aromatic rings. The van der Waals surface area contributed by atoms with Crippen molar-refractivity contribution in [3.05, 3.63) is 50.4 Å². The number of rotatable bonds is 6. The van der Waals surface area contributed by atoms with Gasteiger partial charge in [0.2, 0.25) is 11.9 Å². The Morgan fingerprint density at radius 3 is 2.48 bits per heavy atom. The maximum atomic E-state index is 12.6. The number of hydrogen-bond acceptors (Lipinski definition) is 5. The SMILES string of the molecule is COCc1cc(=O)n(CC(=O)Nc2cc(Cl)cc(Cl)c2)c(N2CCCC2)n1. The average molecular weight is 411 g/mol. The topological polar surface area (TPSA) is 76.5 Å². The molecule has 9 heteroatoms. The zero-order chi connectivity index (χ0) is 19.4. The number of ether oxygens (including phenoxy) is 1.